The first-order valence-electron chi connectivity index (χ1n) is 14.1. The second-order valence-electron chi connectivity index (χ2n) is 10.9. The van der Waals surface area contributed by atoms with Gasteiger partial charge in [0.25, 0.3) is 0 Å². The molecule has 0 fully saturated rings. The third-order valence-corrected chi connectivity index (χ3v) is 9.45. The number of halogens is 2. The van der Waals surface area contributed by atoms with Crippen molar-refractivity contribution in [2.45, 2.75) is 44.6 Å². The van der Waals surface area contributed by atoms with Gasteiger partial charge in [0.1, 0.15) is 22.9 Å². The maximum atomic E-state index is 13.2. The zero-order valence-electron chi connectivity index (χ0n) is 24.3. The van der Waals surface area contributed by atoms with Crippen molar-refractivity contribution in [2.75, 3.05) is 19.3 Å². The number of rotatable bonds is 11. The van der Waals surface area contributed by atoms with Crippen LogP contribution < -0.4 is 0 Å². The Morgan fingerprint density at radius 3 is 2.50 bits per heavy atom. The molecule has 0 saturated heterocycles. The Labute approximate surface area is 266 Å². The number of benzene rings is 2. The Balaban J connectivity index is 1.34. The van der Waals surface area contributed by atoms with Crippen molar-refractivity contribution >= 4 is 45.9 Å². The average Bonchev–Trinajstić information content (AvgIpc) is 3.17. The van der Waals surface area contributed by atoms with E-state index in [1.165, 1.54) is 23.3 Å². The zero-order valence-corrected chi connectivity index (χ0v) is 27.3. The molecular weight excluding hydrogens is 660 g/mol. The molecular formula is C35H37FINO3S. The molecule has 7 heteroatoms. The van der Waals surface area contributed by atoms with Crippen molar-refractivity contribution in [1.82, 2.24) is 4.90 Å². The van der Waals surface area contributed by atoms with Crippen LogP contribution in [0.1, 0.15) is 43.4 Å². The molecule has 2 aromatic rings. The predicted octanol–water partition coefficient (Wildman–Crippen LogP) is 8.26. The van der Waals surface area contributed by atoms with Gasteiger partial charge in [-0.15, -0.1) is 11.8 Å². The van der Waals surface area contributed by atoms with Crippen LogP contribution in [0, 0.1) is 27.5 Å². The minimum atomic E-state index is -0.820. The summed E-state index contributed by atoms with van der Waals surface area (Å²) in [7, 11) is 0. The van der Waals surface area contributed by atoms with E-state index in [9.17, 15) is 14.3 Å². The van der Waals surface area contributed by atoms with Crippen LogP contribution in [0.3, 0.4) is 0 Å². The monoisotopic (exact) mass is 697 g/mol. The summed E-state index contributed by atoms with van der Waals surface area (Å²) >= 11 is 3.62. The summed E-state index contributed by atoms with van der Waals surface area (Å²) in [6, 6.07) is 15.3. The Morgan fingerprint density at radius 2 is 1.88 bits per heavy atom. The molecule has 0 saturated carbocycles. The molecule has 0 aromatic heterocycles. The molecule has 220 valence electrons. The van der Waals surface area contributed by atoms with E-state index in [0.29, 0.717) is 6.61 Å². The van der Waals surface area contributed by atoms with Crippen molar-refractivity contribution in [2.24, 2.45) is 11.8 Å². The number of allylic oxidation sites excluding steroid dienone is 4. The van der Waals surface area contributed by atoms with E-state index in [-0.39, 0.29) is 24.1 Å². The Hall–Kier alpha value is -2.80. The van der Waals surface area contributed by atoms with Crippen LogP contribution in [0.5, 0.6) is 0 Å². The number of nitrogens with zero attached hydrogens (tertiary/aromatic N) is 1. The highest BCUT2D eigenvalue weighted by Crippen LogP contribution is 2.42. The Morgan fingerprint density at radius 1 is 1.17 bits per heavy atom. The third kappa shape index (κ3) is 8.40. The van der Waals surface area contributed by atoms with Crippen molar-refractivity contribution in [3.8, 4) is 9.85 Å². The lowest BCUT2D eigenvalue weighted by Gasteiger charge is -2.34. The molecule has 0 spiro atoms. The molecule has 1 heterocycles. The summed E-state index contributed by atoms with van der Waals surface area (Å²) in [6.45, 7) is 7.25. The largest absolute Gasteiger partial charge is 0.489 e. The first-order chi connectivity index (χ1) is 20.2. The van der Waals surface area contributed by atoms with Crippen LogP contribution in [-0.4, -0.2) is 40.1 Å². The summed E-state index contributed by atoms with van der Waals surface area (Å²) < 4.78 is 21.8. The predicted molar refractivity (Wildman–Crippen MR) is 179 cm³/mol. The molecule has 2 aliphatic rings. The van der Waals surface area contributed by atoms with Gasteiger partial charge in [-0.25, -0.2) is 4.39 Å². The molecule has 1 unspecified atom stereocenters. The van der Waals surface area contributed by atoms with Crippen LogP contribution in [0.25, 0.3) is 5.57 Å². The topological polar surface area (TPSA) is 49.8 Å². The summed E-state index contributed by atoms with van der Waals surface area (Å²) in [4.78, 5) is 13.9. The van der Waals surface area contributed by atoms with E-state index in [0.717, 1.165) is 48.5 Å². The van der Waals surface area contributed by atoms with Crippen molar-refractivity contribution < 1.29 is 19.0 Å². The van der Waals surface area contributed by atoms with E-state index in [1.807, 2.05) is 60.1 Å². The maximum absolute atomic E-state index is 13.2. The van der Waals surface area contributed by atoms with Crippen molar-refractivity contribution in [3.63, 3.8) is 0 Å². The number of carboxylic acid groups (broad SMARTS) is 1. The van der Waals surface area contributed by atoms with Crippen molar-refractivity contribution in [1.29, 1.82) is 0 Å². The second-order valence-corrected chi connectivity index (χ2v) is 12.5. The fraction of sp³-hybridized carbons (Fsp3) is 0.343. The second kappa shape index (κ2) is 15.1. The minimum absolute atomic E-state index is 0.0456. The number of ether oxygens (including phenoxy) is 1. The minimum Gasteiger partial charge on any atom is -0.489 e. The number of carbonyl (C=O) groups is 1. The quantitative estimate of drug-likeness (QED) is 0.189. The van der Waals surface area contributed by atoms with Gasteiger partial charge >= 0.3 is 5.97 Å². The van der Waals surface area contributed by atoms with Crippen molar-refractivity contribution in [3.05, 3.63) is 113 Å². The number of carboxylic acids is 1. The average molecular weight is 698 g/mol. The molecule has 4 nitrogen and oxygen atoms in total. The molecule has 0 amide bonds. The van der Waals surface area contributed by atoms with Gasteiger partial charge in [-0.3, -0.25) is 9.69 Å². The molecule has 2 aromatic carbocycles. The zero-order chi connectivity index (χ0) is 30.1. The van der Waals surface area contributed by atoms with E-state index < -0.39 is 10.7 Å². The summed E-state index contributed by atoms with van der Waals surface area (Å²) in [5.41, 5.74) is 5.75. The smallest absolute Gasteiger partial charge is 0.303 e. The lowest BCUT2D eigenvalue weighted by molar-refractivity contribution is -0.138. The van der Waals surface area contributed by atoms with Crippen LogP contribution in [0.4, 0.5) is 4.39 Å². The van der Waals surface area contributed by atoms with Gasteiger partial charge in [0.2, 0.25) is 0 Å². The Bertz CT molecular complexity index is 1440. The highest BCUT2D eigenvalue weighted by atomic mass is 127. The summed E-state index contributed by atoms with van der Waals surface area (Å²) in [5, 5.41) is 9.45. The van der Waals surface area contributed by atoms with Gasteiger partial charge in [0.05, 0.1) is 6.42 Å². The molecule has 4 rings (SSSR count). The molecule has 1 N–H and O–H groups in total. The van der Waals surface area contributed by atoms with E-state index in [4.69, 9.17) is 4.74 Å². The molecule has 1 aliphatic heterocycles. The number of thioether (sulfide) groups is 1. The standard InChI is InChI=1S/C35H37FINO3S/c1-25-20-31(35(42-3,16-17-37)26(2)22-34(39)40)10-13-33(21-25)41-24-28-6-4-27(5-7-28)23-38-18-14-30(15-19-38)29-8-11-32(36)12-9-29/h4-14,20-21,25-26H,15,18-19,22-24H2,1-3H3,(H,39,40)/t25-,26?,35+/m1/s1. The lowest BCUT2D eigenvalue weighted by atomic mass is 9.83. The van der Waals surface area contributed by atoms with Crippen LogP contribution in [0.15, 0.2) is 90.2 Å². The number of aliphatic carboxylic acids is 1. The van der Waals surface area contributed by atoms with Crippen LogP contribution in [0.2, 0.25) is 0 Å². The van der Waals surface area contributed by atoms with Gasteiger partial charge in [-0.05, 0) is 80.6 Å². The van der Waals surface area contributed by atoms with Gasteiger partial charge < -0.3 is 9.84 Å². The summed E-state index contributed by atoms with van der Waals surface area (Å²) in [5.74, 6) is 3.02. The number of hydrogen-bond acceptors (Lipinski definition) is 4. The molecule has 0 radical (unpaired) electrons. The highest BCUT2D eigenvalue weighted by molar-refractivity contribution is 14.1. The molecule has 3 atom stereocenters. The van der Waals surface area contributed by atoms with Gasteiger partial charge in [0, 0.05) is 42.2 Å². The normalized spacial score (nSPS) is 19.3. The maximum Gasteiger partial charge on any atom is 0.303 e. The van der Waals surface area contributed by atoms with Gasteiger partial charge in [-0.2, -0.15) is 0 Å². The highest BCUT2D eigenvalue weighted by Gasteiger charge is 2.38. The molecule has 42 heavy (non-hydrogen) atoms. The van der Waals surface area contributed by atoms with E-state index in [2.05, 4.69) is 64.2 Å². The van der Waals surface area contributed by atoms with Crippen LogP contribution >= 0.6 is 34.4 Å². The molecule has 0 bridgehead atoms. The number of hydrogen-bond donors (Lipinski definition) is 1. The molecule has 1 aliphatic carbocycles. The van der Waals surface area contributed by atoms with Gasteiger partial charge in [0.15, 0.2) is 0 Å². The fourth-order valence-corrected chi connectivity index (χ4v) is 7.11. The van der Waals surface area contributed by atoms with E-state index >= 15 is 0 Å². The third-order valence-electron chi connectivity index (χ3n) is 7.80. The fourth-order valence-electron chi connectivity index (χ4n) is 5.49. The van der Waals surface area contributed by atoms with Gasteiger partial charge in [-0.1, -0.05) is 74.4 Å². The van der Waals surface area contributed by atoms with Crippen LogP contribution in [-0.2, 0) is 22.7 Å². The first kappa shape index (κ1) is 32.1. The lowest BCUT2D eigenvalue weighted by Crippen LogP contribution is -2.34. The Kier molecular flexibility index (Phi) is 11.5. The summed E-state index contributed by atoms with van der Waals surface area (Å²) in [6.07, 6.45) is 13.5. The van der Waals surface area contributed by atoms with E-state index in [1.54, 1.807) is 11.8 Å². The first-order valence-corrected chi connectivity index (χ1v) is 16.4. The SMILES string of the molecule is CS[C@](C#CI)(C1=C[C@@H](C)C=C(OCc2ccc(CN3CC=C(c4ccc(F)cc4)CC3)cc2)C=C1)C(C)CC(=O)O.